The van der Waals surface area contributed by atoms with Crippen molar-refractivity contribution in [1.29, 1.82) is 0 Å². The summed E-state index contributed by atoms with van der Waals surface area (Å²) in [7, 11) is -12.8. The second-order valence-corrected chi connectivity index (χ2v) is 13.1. The zero-order chi connectivity index (χ0) is 29.4. The maximum Gasteiger partial charge on any atom is 0.323 e. The van der Waals surface area contributed by atoms with E-state index in [-0.39, 0.29) is 27.8 Å². The number of hydrogen-bond acceptors (Lipinski definition) is 12. The molecule has 15 heteroatoms. The van der Waals surface area contributed by atoms with Crippen molar-refractivity contribution < 1.29 is 48.0 Å². The molecule has 0 saturated heterocycles. The zero-order valence-electron chi connectivity index (χ0n) is 21.9. The molecule has 0 aliphatic heterocycles. The molecule has 0 bridgehead atoms. The summed E-state index contributed by atoms with van der Waals surface area (Å²) < 4.78 is 89.0. The maximum absolute atomic E-state index is 12.8. The molecule has 40 heavy (non-hydrogen) atoms. The van der Waals surface area contributed by atoms with Gasteiger partial charge in [0.05, 0.1) is 41.0 Å². The van der Waals surface area contributed by atoms with E-state index in [1.165, 1.54) is 36.4 Å². The molecule has 3 rings (SSSR count). The van der Waals surface area contributed by atoms with Crippen molar-refractivity contribution >= 4 is 30.4 Å². The average Bonchev–Trinajstić information content (AvgIpc) is 2.89. The molecule has 0 aliphatic rings. The average molecular weight is 616 g/mol. The third kappa shape index (κ3) is 9.43. The van der Waals surface area contributed by atoms with Gasteiger partial charge in [-0.2, -0.15) is 34.6 Å². The topological polar surface area (TPSA) is 152 Å². The Balaban J connectivity index is 1.61. The number of benzene rings is 3. The van der Waals surface area contributed by atoms with Gasteiger partial charge in [0.1, 0.15) is 0 Å². The van der Waals surface area contributed by atoms with Gasteiger partial charge < -0.3 is 0 Å². The molecule has 12 nitrogen and oxygen atoms in total. The third-order valence-corrected chi connectivity index (χ3v) is 8.76. The Bertz CT molecular complexity index is 1490. The smallest absolute Gasteiger partial charge is 0.218 e. The fraction of sp³-hybridized carbons (Fsp3) is 0.280. The molecule has 0 fully saturated rings. The summed E-state index contributed by atoms with van der Waals surface area (Å²) in [5.41, 5.74) is 2.53. The summed E-state index contributed by atoms with van der Waals surface area (Å²) in [6.07, 6.45) is 0. The predicted molar refractivity (Wildman–Crippen MR) is 142 cm³/mol. The van der Waals surface area contributed by atoms with Gasteiger partial charge in [-0.05, 0) is 57.2 Å². The van der Waals surface area contributed by atoms with Gasteiger partial charge >= 0.3 is 30.4 Å². The van der Waals surface area contributed by atoms with E-state index < -0.39 is 43.6 Å². The molecule has 0 saturated carbocycles. The molecule has 0 radical (unpaired) electrons. The fourth-order valence-electron chi connectivity index (χ4n) is 3.03. The lowest BCUT2D eigenvalue weighted by atomic mass is 10.2. The second kappa shape index (κ2) is 13.8. The lowest BCUT2D eigenvalue weighted by Gasteiger charge is -2.20. The molecule has 0 atom stereocenters. The Morgan fingerprint density at radius 2 is 0.800 bits per heavy atom. The van der Waals surface area contributed by atoms with Crippen molar-refractivity contribution in [3.63, 3.8) is 0 Å². The predicted octanol–water partition coefficient (Wildman–Crippen LogP) is 3.21. The molecule has 0 amide bonds. The SMILES string of the molecule is Cc1ccc(S(=O)(=O)OOCCN(CCOOS(=O)(=O)c2ccc(C)cc2)OS(=O)(=O)c2ccc(C)cc2)cc1. The van der Waals surface area contributed by atoms with Crippen molar-refractivity contribution in [3.8, 4) is 0 Å². The highest BCUT2D eigenvalue weighted by Crippen LogP contribution is 2.17. The molecule has 0 aliphatic carbocycles. The highest BCUT2D eigenvalue weighted by Gasteiger charge is 2.23. The van der Waals surface area contributed by atoms with Crippen LogP contribution in [0.4, 0.5) is 0 Å². The van der Waals surface area contributed by atoms with Crippen LogP contribution in [-0.2, 0) is 53.1 Å². The van der Waals surface area contributed by atoms with Crippen LogP contribution in [0.15, 0.2) is 87.5 Å². The first kappa shape index (κ1) is 31.8. The first-order chi connectivity index (χ1) is 18.8. The summed E-state index contributed by atoms with van der Waals surface area (Å²) in [5, 5.41) is 0.874. The van der Waals surface area contributed by atoms with E-state index >= 15 is 0 Å². The van der Waals surface area contributed by atoms with Crippen molar-refractivity contribution in [3.05, 3.63) is 89.5 Å². The van der Waals surface area contributed by atoms with Gasteiger partial charge in [-0.25, -0.2) is 9.78 Å². The van der Waals surface area contributed by atoms with E-state index in [9.17, 15) is 25.3 Å². The Morgan fingerprint density at radius 1 is 0.500 bits per heavy atom. The number of hydrogen-bond donors (Lipinski definition) is 0. The van der Waals surface area contributed by atoms with Crippen LogP contribution in [0.5, 0.6) is 0 Å². The highest BCUT2D eigenvalue weighted by atomic mass is 32.2. The molecule has 3 aromatic carbocycles. The van der Waals surface area contributed by atoms with E-state index in [4.69, 9.17) is 14.1 Å². The van der Waals surface area contributed by atoms with Crippen LogP contribution in [-0.4, -0.2) is 56.6 Å². The Kier molecular flexibility index (Phi) is 10.9. The normalized spacial score (nSPS) is 12.6. The van der Waals surface area contributed by atoms with E-state index in [1.807, 2.05) is 0 Å². The van der Waals surface area contributed by atoms with Crippen LogP contribution in [0.2, 0.25) is 0 Å². The molecule has 0 heterocycles. The highest BCUT2D eigenvalue weighted by molar-refractivity contribution is 7.87. The Labute approximate surface area is 234 Å². The van der Waals surface area contributed by atoms with Gasteiger partial charge in [0.25, 0.3) is 0 Å². The molecular formula is C25H29NO11S3. The van der Waals surface area contributed by atoms with Gasteiger partial charge in [0.15, 0.2) is 0 Å². The van der Waals surface area contributed by atoms with E-state index in [2.05, 4.69) is 8.67 Å². The quantitative estimate of drug-likeness (QED) is 0.140. The van der Waals surface area contributed by atoms with Crippen LogP contribution in [0.25, 0.3) is 0 Å². The summed E-state index contributed by atoms with van der Waals surface area (Å²) in [6, 6.07) is 17.6. The minimum absolute atomic E-state index is 0.131. The second-order valence-electron chi connectivity index (χ2n) is 8.59. The van der Waals surface area contributed by atoms with Crippen LogP contribution in [0.1, 0.15) is 16.7 Å². The first-order valence-electron chi connectivity index (χ1n) is 11.8. The van der Waals surface area contributed by atoms with Crippen LogP contribution < -0.4 is 0 Å². The van der Waals surface area contributed by atoms with Crippen molar-refractivity contribution in [2.45, 2.75) is 35.5 Å². The third-order valence-electron chi connectivity index (χ3n) is 5.26. The Morgan fingerprint density at radius 3 is 1.12 bits per heavy atom. The molecule has 0 aromatic heterocycles. The minimum atomic E-state index is -4.30. The van der Waals surface area contributed by atoms with E-state index in [0.29, 0.717) is 0 Å². The molecule has 218 valence electrons. The lowest BCUT2D eigenvalue weighted by molar-refractivity contribution is -0.230. The minimum Gasteiger partial charge on any atom is -0.218 e. The number of aryl methyl sites for hydroxylation is 3. The largest absolute Gasteiger partial charge is 0.323 e. The number of rotatable bonds is 15. The molecule has 0 N–H and O–H groups in total. The lowest BCUT2D eigenvalue weighted by Crippen LogP contribution is -2.34. The summed E-state index contributed by atoms with van der Waals surface area (Å²) in [4.78, 5) is 9.21. The zero-order valence-corrected chi connectivity index (χ0v) is 24.4. The summed E-state index contributed by atoms with van der Waals surface area (Å²) >= 11 is 0. The van der Waals surface area contributed by atoms with Crippen LogP contribution in [0.3, 0.4) is 0 Å². The van der Waals surface area contributed by atoms with Crippen molar-refractivity contribution in [2.75, 3.05) is 26.3 Å². The number of nitrogens with zero attached hydrogens (tertiary/aromatic N) is 1. The first-order valence-corrected chi connectivity index (χ1v) is 16.0. The molecule has 3 aromatic rings. The van der Waals surface area contributed by atoms with Crippen LogP contribution >= 0.6 is 0 Å². The standard InChI is InChI=1S/C25H29NO11S3/c1-20-4-10-23(11-5-20)38(27,28)35-26(16-18-33-36-39(29,30)24-12-6-21(2)7-13-24)17-19-34-37-40(31,32)25-14-8-22(3)9-15-25/h4-15H,16-19H2,1-3H3. The number of hydroxylamine groups is 2. The summed E-state index contributed by atoms with van der Waals surface area (Å²) in [5.74, 6) is 0. The fourth-order valence-corrected chi connectivity index (χ4v) is 5.50. The van der Waals surface area contributed by atoms with Crippen molar-refractivity contribution in [1.82, 2.24) is 5.06 Å². The molecule has 0 unspecified atom stereocenters. The molecular weight excluding hydrogens is 586 g/mol. The van der Waals surface area contributed by atoms with Gasteiger partial charge in [-0.3, -0.25) is 0 Å². The van der Waals surface area contributed by atoms with Crippen molar-refractivity contribution in [2.24, 2.45) is 0 Å². The van der Waals surface area contributed by atoms with Gasteiger partial charge in [0.2, 0.25) is 0 Å². The Hall–Kier alpha value is -2.73. The van der Waals surface area contributed by atoms with E-state index in [0.717, 1.165) is 21.8 Å². The van der Waals surface area contributed by atoms with E-state index in [1.54, 1.807) is 57.2 Å². The monoisotopic (exact) mass is 615 g/mol. The van der Waals surface area contributed by atoms with Gasteiger partial charge in [-0.1, -0.05) is 53.1 Å². The van der Waals surface area contributed by atoms with Crippen LogP contribution in [0, 0.1) is 20.8 Å². The summed E-state index contributed by atoms with van der Waals surface area (Å²) in [6.45, 7) is 3.84. The van der Waals surface area contributed by atoms with Gasteiger partial charge in [0, 0.05) is 0 Å². The maximum atomic E-state index is 12.8. The van der Waals surface area contributed by atoms with Gasteiger partial charge in [-0.15, -0.1) is 8.67 Å². The molecule has 0 spiro atoms.